The third-order valence-corrected chi connectivity index (χ3v) is 5.52. The van der Waals surface area contributed by atoms with Gasteiger partial charge in [0.25, 0.3) is 0 Å². The number of nitrogens with zero attached hydrogens (tertiary/aromatic N) is 2. The van der Waals surface area contributed by atoms with E-state index in [1.54, 1.807) is 0 Å². The summed E-state index contributed by atoms with van der Waals surface area (Å²) in [6.07, 6.45) is 4.60. The normalized spacial score (nSPS) is 17.1. The summed E-state index contributed by atoms with van der Waals surface area (Å²) >= 11 is 0. The Balaban J connectivity index is 1.28. The Bertz CT molecular complexity index is 818. The molecule has 1 heterocycles. The van der Waals surface area contributed by atoms with E-state index in [-0.39, 0.29) is 5.91 Å². The Kier molecular flexibility index (Phi) is 4.76. The van der Waals surface area contributed by atoms with Crippen molar-refractivity contribution in [2.24, 2.45) is 5.73 Å². The second-order valence-electron chi connectivity index (χ2n) is 7.08. The number of benzene rings is 2. The van der Waals surface area contributed by atoms with Crippen LogP contribution in [0, 0.1) is 0 Å². The minimum atomic E-state index is -0.371. The van der Waals surface area contributed by atoms with Crippen LogP contribution in [-0.4, -0.2) is 43.5 Å². The smallest absolute Gasteiger partial charge is 0.248 e. The van der Waals surface area contributed by atoms with Crippen LogP contribution in [0.25, 0.3) is 5.57 Å². The first-order chi connectivity index (χ1) is 12.7. The summed E-state index contributed by atoms with van der Waals surface area (Å²) in [5.74, 6) is -0.371. The third kappa shape index (κ3) is 3.51. The summed E-state index contributed by atoms with van der Waals surface area (Å²) in [5.41, 5.74) is 11.5. The van der Waals surface area contributed by atoms with E-state index < -0.39 is 0 Å². The molecular formula is C22H25N3O. The molecule has 1 amide bonds. The number of amides is 1. The molecule has 1 aliphatic carbocycles. The second-order valence-corrected chi connectivity index (χ2v) is 7.08. The van der Waals surface area contributed by atoms with Crippen LogP contribution in [0.3, 0.4) is 0 Å². The van der Waals surface area contributed by atoms with E-state index in [1.807, 2.05) is 24.3 Å². The summed E-state index contributed by atoms with van der Waals surface area (Å²) in [4.78, 5) is 16.1. The van der Waals surface area contributed by atoms with Crippen molar-refractivity contribution < 1.29 is 4.79 Å². The summed E-state index contributed by atoms with van der Waals surface area (Å²) in [7, 11) is 0. The van der Waals surface area contributed by atoms with Crippen LogP contribution in [0.4, 0.5) is 5.69 Å². The molecule has 0 spiro atoms. The van der Waals surface area contributed by atoms with Gasteiger partial charge in [-0.2, -0.15) is 0 Å². The molecule has 1 fully saturated rings. The largest absolute Gasteiger partial charge is 0.369 e. The fourth-order valence-corrected chi connectivity index (χ4v) is 3.94. The van der Waals surface area contributed by atoms with Gasteiger partial charge in [0.2, 0.25) is 5.91 Å². The zero-order valence-corrected chi connectivity index (χ0v) is 15.0. The molecule has 134 valence electrons. The van der Waals surface area contributed by atoms with Crippen LogP contribution in [-0.2, 0) is 6.42 Å². The molecule has 0 atom stereocenters. The number of piperazine rings is 1. The van der Waals surface area contributed by atoms with E-state index in [9.17, 15) is 4.79 Å². The second kappa shape index (κ2) is 7.34. The standard InChI is InChI=1S/C22H25N3O/c23-22(26)19-7-9-20(10-8-19)25-15-13-24(14-16-25)12-11-18-6-5-17-3-1-2-4-21(17)18/h1-4,6-10H,5,11-16H2,(H2,23,26). The number of hydrogen-bond acceptors (Lipinski definition) is 3. The molecule has 0 aromatic heterocycles. The maximum Gasteiger partial charge on any atom is 0.248 e. The fourth-order valence-electron chi connectivity index (χ4n) is 3.94. The van der Waals surface area contributed by atoms with Gasteiger partial charge >= 0.3 is 0 Å². The van der Waals surface area contributed by atoms with Crippen molar-refractivity contribution in [1.82, 2.24) is 4.90 Å². The Hall–Kier alpha value is -2.59. The predicted octanol–water partition coefficient (Wildman–Crippen LogP) is 2.94. The molecule has 26 heavy (non-hydrogen) atoms. The van der Waals surface area contributed by atoms with Gasteiger partial charge in [-0.05, 0) is 53.8 Å². The maximum atomic E-state index is 11.2. The molecule has 0 saturated carbocycles. The fraction of sp³-hybridized carbons (Fsp3) is 0.318. The molecule has 2 N–H and O–H groups in total. The first-order valence-electron chi connectivity index (χ1n) is 9.35. The molecule has 2 aliphatic rings. The predicted molar refractivity (Wildman–Crippen MR) is 106 cm³/mol. The summed E-state index contributed by atoms with van der Waals surface area (Å²) in [6, 6.07) is 16.4. The van der Waals surface area contributed by atoms with Gasteiger partial charge in [0.1, 0.15) is 0 Å². The van der Waals surface area contributed by atoms with Crippen LogP contribution in [0.15, 0.2) is 54.6 Å². The molecule has 2 aromatic rings. The molecule has 0 bridgehead atoms. The van der Waals surface area contributed by atoms with Crippen molar-refractivity contribution in [3.05, 3.63) is 71.3 Å². The molecule has 1 aliphatic heterocycles. The lowest BCUT2D eigenvalue weighted by atomic mass is 10.0. The highest BCUT2D eigenvalue weighted by atomic mass is 16.1. The summed E-state index contributed by atoms with van der Waals surface area (Å²) in [5, 5.41) is 0. The number of fused-ring (bicyclic) bond motifs is 1. The van der Waals surface area contributed by atoms with Crippen LogP contribution in [0.1, 0.15) is 27.9 Å². The summed E-state index contributed by atoms with van der Waals surface area (Å²) in [6.45, 7) is 5.31. The average Bonchev–Trinajstić information content (AvgIpc) is 3.10. The number of allylic oxidation sites excluding steroid dienone is 1. The van der Waals surface area contributed by atoms with Crippen molar-refractivity contribution in [3.8, 4) is 0 Å². The highest BCUT2D eigenvalue weighted by Gasteiger charge is 2.19. The Labute approximate surface area is 154 Å². The number of hydrogen-bond donors (Lipinski definition) is 1. The minimum Gasteiger partial charge on any atom is -0.369 e. The number of rotatable bonds is 5. The van der Waals surface area contributed by atoms with Crippen molar-refractivity contribution >= 4 is 17.2 Å². The van der Waals surface area contributed by atoms with Crippen LogP contribution in [0.2, 0.25) is 0 Å². The van der Waals surface area contributed by atoms with Crippen LogP contribution >= 0.6 is 0 Å². The number of carbonyl (C=O) groups excluding carboxylic acids is 1. The average molecular weight is 347 g/mol. The Morgan fingerprint density at radius 1 is 0.962 bits per heavy atom. The van der Waals surface area contributed by atoms with E-state index in [1.165, 1.54) is 22.4 Å². The van der Waals surface area contributed by atoms with Crippen molar-refractivity contribution in [2.75, 3.05) is 37.6 Å². The monoisotopic (exact) mass is 347 g/mol. The lowest BCUT2D eigenvalue weighted by molar-refractivity contribution is 0.100. The van der Waals surface area contributed by atoms with Gasteiger partial charge in [-0.25, -0.2) is 0 Å². The van der Waals surface area contributed by atoms with E-state index >= 15 is 0 Å². The van der Waals surface area contributed by atoms with Crippen LogP contribution < -0.4 is 10.6 Å². The highest BCUT2D eigenvalue weighted by molar-refractivity contribution is 5.93. The molecule has 4 heteroatoms. The minimum absolute atomic E-state index is 0.371. The van der Waals surface area contributed by atoms with Crippen LogP contribution in [0.5, 0.6) is 0 Å². The topological polar surface area (TPSA) is 49.6 Å². The highest BCUT2D eigenvalue weighted by Crippen LogP contribution is 2.29. The molecule has 2 aromatic carbocycles. The van der Waals surface area contributed by atoms with Gasteiger partial charge in [-0.3, -0.25) is 9.69 Å². The van der Waals surface area contributed by atoms with Gasteiger partial charge in [-0.1, -0.05) is 30.3 Å². The van der Waals surface area contributed by atoms with Gasteiger partial charge in [0.15, 0.2) is 0 Å². The first kappa shape index (κ1) is 16.9. The van der Waals surface area contributed by atoms with Crippen molar-refractivity contribution in [2.45, 2.75) is 12.8 Å². The molecule has 0 radical (unpaired) electrons. The zero-order valence-electron chi connectivity index (χ0n) is 15.0. The molecule has 1 saturated heterocycles. The van der Waals surface area contributed by atoms with E-state index in [0.29, 0.717) is 5.56 Å². The first-order valence-corrected chi connectivity index (χ1v) is 9.35. The van der Waals surface area contributed by atoms with Gasteiger partial charge in [-0.15, -0.1) is 0 Å². The number of nitrogens with two attached hydrogens (primary N) is 1. The number of carbonyl (C=O) groups is 1. The van der Waals surface area contributed by atoms with Crippen molar-refractivity contribution in [1.29, 1.82) is 0 Å². The van der Waals surface area contributed by atoms with Gasteiger partial charge in [0, 0.05) is 44.0 Å². The number of primary amides is 1. The quantitative estimate of drug-likeness (QED) is 0.905. The lowest BCUT2D eigenvalue weighted by Crippen LogP contribution is -2.46. The van der Waals surface area contributed by atoms with E-state index in [4.69, 9.17) is 5.73 Å². The van der Waals surface area contributed by atoms with E-state index in [0.717, 1.165) is 45.6 Å². The van der Waals surface area contributed by atoms with Crippen molar-refractivity contribution in [3.63, 3.8) is 0 Å². The molecule has 0 unspecified atom stereocenters. The molecule has 4 rings (SSSR count). The van der Waals surface area contributed by atoms with Gasteiger partial charge in [0.05, 0.1) is 0 Å². The summed E-state index contributed by atoms with van der Waals surface area (Å²) < 4.78 is 0. The maximum absolute atomic E-state index is 11.2. The zero-order chi connectivity index (χ0) is 17.9. The third-order valence-electron chi connectivity index (χ3n) is 5.52. The number of anilines is 1. The molecule has 4 nitrogen and oxygen atoms in total. The SMILES string of the molecule is NC(=O)c1ccc(N2CCN(CCC3=CCc4ccccc43)CC2)cc1. The lowest BCUT2D eigenvalue weighted by Gasteiger charge is -2.36. The Morgan fingerprint density at radius 2 is 1.69 bits per heavy atom. The van der Waals surface area contributed by atoms with Gasteiger partial charge < -0.3 is 10.6 Å². The van der Waals surface area contributed by atoms with E-state index in [2.05, 4.69) is 40.1 Å². The Morgan fingerprint density at radius 3 is 2.42 bits per heavy atom. The molecular weight excluding hydrogens is 322 g/mol.